The summed E-state index contributed by atoms with van der Waals surface area (Å²) in [6, 6.07) is 5.32. The average molecular weight is 335 g/mol. The number of carboxylic acid groups (broad SMARTS) is 1. The molecule has 122 valence electrons. The van der Waals surface area contributed by atoms with Gasteiger partial charge in [0.15, 0.2) is 5.69 Å². The minimum atomic E-state index is -3.63. The van der Waals surface area contributed by atoms with Crippen molar-refractivity contribution in [2.24, 2.45) is 0 Å². The van der Waals surface area contributed by atoms with E-state index in [0.29, 0.717) is 28.1 Å². The second-order valence-electron chi connectivity index (χ2n) is 5.69. The molecule has 0 saturated carbocycles. The van der Waals surface area contributed by atoms with Crippen molar-refractivity contribution >= 4 is 16.0 Å². The molecule has 2 heterocycles. The Balaban J connectivity index is 1.96. The van der Waals surface area contributed by atoms with Crippen LogP contribution in [0.4, 0.5) is 0 Å². The molecule has 0 saturated heterocycles. The molecule has 2 aromatic rings. The number of carbonyl (C=O) groups is 1. The second kappa shape index (κ2) is 5.47. The fourth-order valence-corrected chi connectivity index (χ4v) is 4.52. The van der Waals surface area contributed by atoms with Gasteiger partial charge in [-0.15, -0.1) is 0 Å². The molecule has 0 spiro atoms. The fraction of sp³-hybridized carbons (Fsp3) is 0.333. The summed E-state index contributed by atoms with van der Waals surface area (Å²) in [5, 5.41) is 15.5. The van der Waals surface area contributed by atoms with Crippen molar-refractivity contribution in [2.75, 3.05) is 6.54 Å². The minimum absolute atomic E-state index is 0.0243. The average Bonchev–Trinajstić information content (AvgIpc) is 2.92. The number of carboxylic acids is 1. The van der Waals surface area contributed by atoms with Crippen LogP contribution in [0.3, 0.4) is 0 Å². The maximum atomic E-state index is 12.9. The lowest BCUT2D eigenvalue weighted by Crippen LogP contribution is -2.36. The quantitative estimate of drug-likeness (QED) is 0.884. The van der Waals surface area contributed by atoms with Gasteiger partial charge < -0.3 is 5.11 Å². The van der Waals surface area contributed by atoms with E-state index in [1.807, 2.05) is 13.0 Å². The fourth-order valence-electron chi connectivity index (χ4n) is 2.80. The molecular formula is C15H17N3O4S. The van der Waals surface area contributed by atoms with Crippen molar-refractivity contribution in [3.05, 3.63) is 46.3 Å². The molecule has 1 aromatic heterocycles. The zero-order chi connectivity index (χ0) is 16.8. The van der Waals surface area contributed by atoms with Crippen LogP contribution in [-0.2, 0) is 23.0 Å². The van der Waals surface area contributed by atoms with E-state index in [1.54, 1.807) is 19.1 Å². The van der Waals surface area contributed by atoms with Gasteiger partial charge in [-0.3, -0.25) is 5.10 Å². The van der Waals surface area contributed by atoms with Gasteiger partial charge in [-0.05, 0) is 37.5 Å². The van der Waals surface area contributed by atoms with Crippen LogP contribution < -0.4 is 0 Å². The molecule has 8 heteroatoms. The van der Waals surface area contributed by atoms with Gasteiger partial charge >= 0.3 is 5.97 Å². The first-order valence-corrected chi connectivity index (χ1v) is 8.61. The van der Waals surface area contributed by atoms with Crippen LogP contribution in [0.25, 0.3) is 0 Å². The molecule has 2 N–H and O–H groups in total. The zero-order valence-electron chi connectivity index (χ0n) is 12.8. The van der Waals surface area contributed by atoms with E-state index in [-0.39, 0.29) is 18.8 Å². The van der Waals surface area contributed by atoms with E-state index < -0.39 is 16.0 Å². The van der Waals surface area contributed by atoms with Gasteiger partial charge in [0.1, 0.15) is 0 Å². The lowest BCUT2D eigenvalue weighted by atomic mass is 10.1. The number of rotatable bonds is 3. The van der Waals surface area contributed by atoms with Crippen molar-refractivity contribution in [1.29, 1.82) is 0 Å². The molecule has 1 aliphatic heterocycles. The first kappa shape index (κ1) is 15.7. The molecule has 0 unspecified atom stereocenters. The summed E-state index contributed by atoms with van der Waals surface area (Å²) in [4.78, 5) is 11.4. The van der Waals surface area contributed by atoms with Gasteiger partial charge in [0.05, 0.1) is 17.1 Å². The number of aromatic carboxylic acids is 1. The number of nitrogens with one attached hydrogen (secondary N) is 1. The number of aromatic amines is 1. The molecule has 0 radical (unpaired) electrons. The third kappa shape index (κ3) is 2.64. The van der Waals surface area contributed by atoms with Crippen LogP contribution >= 0.6 is 0 Å². The van der Waals surface area contributed by atoms with Gasteiger partial charge in [-0.1, -0.05) is 12.1 Å². The van der Waals surface area contributed by atoms with Crippen LogP contribution in [0.1, 0.15) is 32.9 Å². The summed E-state index contributed by atoms with van der Waals surface area (Å²) >= 11 is 0. The van der Waals surface area contributed by atoms with Crippen LogP contribution in [0.2, 0.25) is 0 Å². The van der Waals surface area contributed by atoms with Crippen molar-refractivity contribution < 1.29 is 18.3 Å². The number of aryl methyl sites for hydroxylation is 2. The largest absolute Gasteiger partial charge is 0.476 e. The first-order chi connectivity index (χ1) is 10.8. The third-order valence-electron chi connectivity index (χ3n) is 4.06. The summed E-state index contributed by atoms with van der Waals surface area (Å²) in [6.45, 7) is 3.95. The van der Waals surface area contributed by atoms with E-state index in [9.17, 15) is 13.2 Å². The van der Waals surface area contributed by atoms with E-state index in [1.165, 1.54) is 4.31 Å². The molecule has 0 amide bonds. The minimum Gasteiger partial charge on any atom is -0.476 e. The van der Waals surface area contributed by atoms with Gasteiger partial charge in [0.25, 0.3) is 0 Å². The second-order valence-corrected chi connectivity index (χ2v) is 7.60. The molecular weight excluding hydrogens is 318 g/mol. The van der Waals surface area contributed by atoms with E-state index in [2.05, 4.69) is 10.2 Å². The highest BCUT2D eigenvalue weighted by Crippen LogP contribution is 2.27. The number of sulfonamides is 1. The Morgan fingerprint density at radius 3 is 2.78 bits per heavy atom. The normalized spacial score (nSPS) is 15.4. The molecule has 0 aliphatic carbocycles. The molecule has 0 fully saturated rings. The van der Waals surface area contributed by atoms with Crippen LogP contribution in [-0.4, -0.2) is 40.5 Å². The summed E-state index contributed by atoms with van der Waals surface area (Å²) in [7, 11) is -3.63. The maximum Gasteiger partial charge on any atom is 0.356 e. The van der Waals surface area contributed by atoms with E-state index in [0.717, 1.165) is 5.56 Å². The van der Waals surface area contributed by atoms with Gasteiger partial charge in [-0.2, -0.15) is 9.40 Å². The van der Waals surface area contributed by atoms with Gasteiger partial charge in [0, 0.05) is 12.1 Å². The number of aromatic nitrogens is 2. The highest BCUT2D eigenvalue weighted by Gasteiger charge is 2.32. The summed E-state index contributed by atoms with van der Waals surface area (Å²) < 4.78 is 27.1. The SMILES string of the molecule is Cc1ccc(C)c(S(=O)(=O)N2CCc3c(C(=O)O)n[nH]c3C2)c1. The monoisotopic (exact) mass is 335 g/mol. The highest BCUT2D eigenvalue weighted by molar-refractivity contribution is 7.89. The Bertz CT molecular complexity index is 886. The van der Waals surface area contributed by atoms with Gasteiger partial charge in [-0.25, -0.2) is 13.2 Å². The maximum absolute atomic E-state index is 12.9. The predicted molar refractivity (Wildman–Crippen MR) is 82.8 cm³/mol. The lowest BCUT2D eigenvalue weighted by molar-refractivity contribution is 0.0689. The molecule has 23 heavy (non-hydrogen) atoms. The predicted octanol–water partition coefficient (Wildman–Crippen LogP) is 1.47. The Kier molecular flexibility index (Phi) is 3.73. The molecule has 0 bridgehead atoms. The summed E-state index contributed by atoms with van der Waals surface area (Å²) in [5.41, 5.74) is 2.68. The van der Waals surface area contributed by atoms with E-state index in [4.69, 9.17) is 5.11 Å². The zero-order valence-corrected chi connectivity index (χ0v) is 13.6. The number of fused-ring (bicyclic) bond motifs is 1. The van der Waals surface area contributed by atoms with Crippen molar-refractivity contribution in [3.63, 3.8) is 0 Å². The topological polar surface area (TPSA) is 103 Å². The Hall–Kier alpha value is -2.19. The lowest BCUT2D eigenvalue weighted by Gasteiger charge is -2.26. The number of H-pyrrole nitrogens is 1. The Morgan fingerprint density at radius 2 is 2.09 bits per heavy atom. The smallest absolute Gasteiger partial charge is 0.356 e. The van der Waals surface area contributed by atoms with Crippen LogP contribution in [0.15, 0.2) is 23.1 Å². The number of hydrogen-bond acceptors (Lipinski definition) is 4. The first-order valence-electron chi connectivity index (χ1n) is 7.17. The molecule has 1 aliphatic rings. The van der Waals surface area contributed by atoms with E-state index >= 15 is 0 Å². The summed E-state index contributed by atoms with van der Waals surface area (Å²) in [6.07, 6.45) is 0.331. The van der Waals surface area contributed by atoms with Crippen molar-refractivity contribution in [3.8, 4) is 0 Å². The Labute approximate surface area is 134 Å². The summed E-state index contributed by atoms with van der Waals surface area (Å²) in [5.74, 6) is -1.10. The number of benzene rings is 1. The van der Waals surface area contributed by atoms with Crippen LogP contribution in [0.5, 0.6) is 0 Å². The number of hydrogen-bond donors (Lipinski definition) is 2. The molecule has 1 aromatic carbocycles. The van der Waals surface area contributed by atoms with Gasteiger partial charge in [0.2, 0.25) is 10.0 Å². The molecule has 3 rings (SSSR count). The molecule has 0 atom stereocenters. The number of nitrogens with zero attached hydrogens (tertiary/aromatic N) is 2. The van der Waals surface area contributed by atoms with Crippen molar-refractivity contribution in [1.82, 2.24) is 14.5 Å². The highest BCUT2D eigenvalue weighted by atomic mass is 32.2. The van der Waals surface area contributed by atoms with Crippen molar-refractivity contribution in [2.45, 2.75) is 31.7 Å². The molecule has 7 nitrogen and oxygen atoms in total. The van der Waals surface area contributed by atoms with Crippen LogP contribution in [0, 0.1) is 13.8 Å². The Morgan fingerprint density at radius 1 is 1.35 bits per heavy atom. The standard InChI is InChI=1S/C15H17N3O4S/c1-9-3-4-10(2)13(7-9)23(21,22)18-6-5-11-12(8-18)16-17-14(11)15(19)20/h3-4,7H,5-6,8H2,1-2H3,(H,16,17)(H,19,20). The third-order valence-corrected chi connectivity index (χ3v) is 6.05.